The normalized spacial score (nSPS) is 15.4. The Morgan fingerprint density at radius 3 is 2.82 bits per heavy atom. The number of benzene rings is 1. The zero-order chi connectivity index (χ0) is 16.1. The fraction of sp³-hybridized carbons (Fsp3) is 0.286. The van der Waals surface area contributed by atoms with Crippen LogP contribution in [0.25, 0.3) is 0 Å². The van der Waals surface area contributed by atoms with Crippen LogP contribution in [-0.4, -0.2) is 29.6 Å². The van der Waals surface area contributed by atoms with Crippen LogP contribution >= 0.6 is 11.6 Å². The zero-order valence-corrected chi connectivity index (χ0v) is 12.5. The highest BCUT2D eigenvalue weighted by atomic mass is 35.5. The first-order valence-corrected chi connectivity index (χ1v) is 6.96. The van der Waals surface area contributed by atoms with Crippen molar-refractivity contribution in [3.63, 3.8) is 0 Å². The summed E-state index contributed by atoms with van der Waals surface area (Å²) in [5.41, 5.74) is 2.78. The zero-order valence-electron chi connectivity index (χ0n) is 11.8. The van der Waals surface area contributed by atoms with Crippen molar-refractivity contribution in [3.8, 4) is 0 Å². The number of carbonyl (C=O) groups is 3. The number of esters is 1. The molecule has 1 aromatic carbocycles. The molecule has 0 aromatic heterocycles. The first kappa shape index (κ1) is 16.0. The van der Waals surface area contributed by atoms with Crippen molar-refractivity contribution in [1.82, 2.24) is 5.43 Å². The van der Waals surface area contributed by atoms with E-state index < -0.39 is 18.0 Å². The molecule has 7 nitrogen and oxygen atoms in total. The van der Waals surface area contributed by atoms with E-state index in [9.17, 15) is 14.4 Å². The number of hydrogen-bond donors (Lipinski definition) is 2. The molecule has 0 fully saturated rings. The van der Waals surface area contributed by atoms with Crippen LogP contribution in [0.3, 0.4) is 0 Å². The van der Waals surface area contributed by atoms with Crippen molar-refractivity contribution in [2.45, 2.75) is 25.9 Å². The highest BCUT2D eigenvalue weighted by molar-refractivity contribution is 6.37. The van der Waals surface area contributed by atoms with E-state index in [0.29, 0.717) is 10.7 Å². The molecule has 0 unspecified atom stereocenters. The molecule has 0 saturated heterocycles. The number of anilines is 1. The average Bonchev–Trinajstić information content (AvgIpc) is 2.47. The van der Waals surface area contributed by atoms with Crippen molar-refractivity contribution >= 4 is 40.8 Å². The molecule has 116 valence electrons. The third-order valence-electron chi connectivity index (χ3n) is 2.89. The van der Waals surface area contributed by atoms with Gasteiger partial charge in [-0.3, -0.25) is 9.59 Å². The van der Waals surface area contributed by atoms with Crippen molar-refractivity contribution in [3.05, 3.63) is 29.3 Å². The SMILES string of the molecule is C[C@H](OC(=O)C1=NNC(=O)CC1)C(=O)Nc1cccc(Cl)c1. The Balaban J connectivity index is 1.91. The maximum absolute atomic E-state index is 12.0. The summed E-state index contributed by atoms with van der Waals surface area (Å²) in [6.45, 7) is 1.44. The summed E-state index contributed by atoms with van der Waals surface area (Å²) in [6.07, 6.45) is -0.656. The van der Waals surface area contributed by atoms with Gasteiger partial charge in [-0.25, -0.2) is 10.2 Å². The van der Waals surface area contributed by atoms with Crippen LogP contribution in [-0.2, 0) is 19.1 Å². The minimum Gasteiger partial charge on any atom is -0.448 e. The van der Waals surface area contributed by atoms with E-state index in [1.807, 2.05) is 0 Å². The van der Waals surface area contributed by atoms with Crippen LogP contribution in [0.5, 0.6) is 0 Å². The lowest BCUT2D eigenvalue weighted by Crippen LogP contribution is -2.35. The maximum Gasteiger partial charge on any atom is 0.355 e. The van der Waals surface area contributed by atoms with Crippen molar-refractivity contribution in [2.24, 2.45) is 5.10 Å². The molecular formula is C14H14ClN3O4. The largest absolute Gasteiger partial charge is 0.448 e. The van der Waals surface area contributed by atoms with Gasteiger partial charge in [-0.1, -0.05) is 17.7 Å². The summed E-state index contributed by atoms with van der Waals surface area (Å²) >= 11 is 5.82. The molecule has 0 bridgehead atoms. The Morgan fingerprint density at radius 1 is 1.41 bits per heavy atom. The van der Waals surface area contributed by atoms with Gasteiger partial charge in [0.1, 0.15) is 5.71 Å². The van der Waals surface area contributed by atoms with Crippen LogP contribution in [0.15, 0.2) is 29.4 Å². The van der Waals surface area contributed by atoms with Crippen LogP contribution in [0.1, 0.15) is 19.8 Å². The van der Waals surface area contributed by atoms with E-state index in [0.717, 1.165) is 0 Å². The second-order valence-corrected chi connectivity index (χ2v) is 5.08. The molecule has 2 amide bonds. The van der Waals surface area contributed by atoms with Gasteiger partial charge in [-0.2, -0.15) is 5.10 Å². The standard InChI is InChI=1S/C14H14ClN3O4/c1-8(13(20)16-10-4-2-3-9(15)7-10)22-14(21)11-5-6-12(19)18-17-11/h2-4,7-8H,5-6H2,1H3,(H,16,20)(H,18,19)/t8-/m0/s1. The van der Waals surface area contributed by atoms with Gasteiger partial charge in [0, 0.05) is 23.6 Å². The number of carbonyl (C=O) groups excluding carboxylic acids is 3. The lowest BCUT2D eigenvalue weighted by Gasteiger charge is -2.16. The lowest BCUT2D eigenvalue weighted by molar-refractivity contribution is -0.146. The maximum atomic E-state index is 12.0. The van der Waals surface area contributed by atoms with Crippen LogP contribution in [0.4, 0.5) is 5.69 Å². The molecule has 0 aliphatic carbocycles. The number of ether oxygens (including phenoxy) is 1. The quantitative estimate of drug-likeness (QED) is 0.820. The van der Waals surface area contributed by atoms with Gasteiger partial charge in [-0.15, -0.1) is 0 Å². The molecule has 1 aromatic rings. The molecule has 1 aliphatic rings. The molecular weight excluding hydrogens is 310 g/mol. The first-order chi connectivity index (χ1) is 10.5. The first-order valence-electron chi connectivity index (χ1n) is 6.58. The van der Waals surface area contributed by atoms with E-state index in [-0.39, 0.29) is 24.5 Å². The molecule has 2 N–H and O–H groups in total. The van der Waals surface area contributed by atoms with E-state index in [4.69, 9.17) is 16.3 Å². The third kappa shape index (κ3) is 4.29. The Bertz CT molecular complexity index is 645. The monoisotopic (exact) mass is 323 g/mol. The number of amides is 2. The fourth-order valence-electron chi connectivity index (χ4n) is 1.71. The van der Waals surface area contributed by atoms with Crippen LogP contribution < -0.4 is 10.7 Å². The molecule has 0 radical (unpaired) electrons. The predicted octanol–water partition coefficient (Wildman–Crippen LogP) is 1.48. The second kappa shape index (κ2) is 7.04. The highest BCUT2D eigenvalue weighted by Crippen LogP contribution is 2.15. The fourth-order valence-corrected chi connectivity index (χ4v) is 1.90. The Hall–Kier alpha value is -2.41. The van der Waals surface area contributed by atoms with Crippen molar-refractivity contribution < 1.29 is 19.1 Å². The Morgan fingerprint density at radius 2 is 2.18 bits per heavy atom. The van der Waals surface area contributed by atoms with Gasteiger partial charge >= 0.3 is 5.97 Å². The molecule has 0 spiro atoms. The molecule has 0 saturated carbocycles. The van der Waals surface area contributed by atoms with Crippen LogP contribution in [0.2, 0.25) is 5.02 Å². The van der Waals surface area contributed by atoms with E-state index in [1.54, 1.807) is 24.3 Å². The van der Waals surface area contributed by atoms with Crippen molar-refractivity contribution in [2.75, 3.05) is 5.32 Å². The summed E-state index contributed by atoms with van der Waals surface area (Å²) in [5.74, 6) is -1.48. The number of rotatable bonds is 4. The average molecular weight is 324 g/mol. The number of halogens is 1. The van der Waals surface area contributed by atoms with E-state index in [1.165, 1.54) is 6.92 Å². The molecule has 8 heteroatoms. The number of hydrogen-bond acceptors (Lipinski definition) is 5. The molecule has 1 atom stereocenters. The van der Waals surface area contributed by atoms with Crippen molar-refractivity contribution in [1.29, 1.82) is 0 Å². The third-order valence-corrected chi connectivity index (χ3v) is 3.12. The number of hydrazone groups is 1. The van der Waals surface area contributed by atoms with Gasteiger partial charge in [-0.05, 0) is 25.1 Å². The molecule has 1 aliphatic heterocycles. The predicted molar refractivity (Wildman–Crippen MR) is 80.4 cm³/mol. The summed E-state index contributed by atoms with van der Waals surface area (Å²) in [4.78, 5) is 34.7. The van der Waals surface area contributed by atoms with Gasteiger partial charge < -0.3 is 10.1 Å². The summed E-state index contributed by atoms with van der Waals surface area (Å²) in [6, 6.07) is 6.61. The number of nitrogens with one attached hydrogen (secondary N) is 2. The van der Waals surface area contributed by atoms with Gasteiger partial charge in [0.2, 0.25) is 5.91 Å². The second-order valence-electron chi connectivity index (χ2n) is 4.64. The van der Waals surface area contributed by atoms with E-state index >= 15 is 0 Å². The Kier molecular flexibility index (Phi) is 5.11. The van der Waals surface area contributed by atoms with Gasteiger partial charge in [0.25, 0.3) is 5.91 Å². The van der Waals surface area contributed by atoms with Gasteiger partial charge in [0.15, 0.2) is 6.10 Å². The minimum absolute atomic E-state index is 0.0852. The topological polar surface area (TPSA) is 96.9 Å². The highest BCUT2D eigenvalue weighted by Gasteiger charge is 2.24. The van der Waals surface area contributed by atoms with E-state index in [2.05, 4.69) is 15.8 Å². The Labute approximate surface area is 131 Å². The van der Waals surface area contributed by atoms with Gasteiger partial charge in [0.05, 0.1) is 0 Å². The molecule has 1 heterocycles. The molecule has 2 rings (SSSR count). The summed E-state index contributed by atoms with van der Waals surface area (Å²) in [7, 11) is 0. The van der Waals surface area contributed by atoms with Crippen LogP contribution in [0, 0.1) is 0 Å². The minimum atomic E-state index is -1.01. The summed E-state index contributed by atoms with van der Waals surface area (Å²) < 4.78 is 5.02. The lowest BCUT2D eigenvalue weighted by atomic mass is 10.2. The smallest absolute Gasteiger partial charge is 0.355 e. The molecule has 22 heavy (non-hydrogen) atoms. The summed E-state index contributed by atoms with van der Waals surface area (Å²) in [5, 5.41) is 6.68. The number of nitrogens with zero attached hydrogens (tertiary/aromatic N) is 1.